The van der Waals surface area contributed by atoms with E-state index in [-0.39, 0.29) is 11.7 Å². The van der Waals surface area contributed by atoms with Gasteiger partial charge in [0, 0.05) is 45.4 Å². The summed E-state index contributed by atoms with van der Waals surface area (Å²) in [5, 5.41) is 5.99. The van der Waals surface area contributed by atoms with E-state index in [2.05, 4.69) is 25.5 Å². The lowest BCUT2D eigenvalue weighted by molar-refractivity contribution is -0.116. The Hall–Kier alpha value is -2.62. The number of morpholine rings is 1. The van der Waals surface area contributed by atoms with E-state index >= 15 is 0 Å². The molecule has 0 aromatic carbocycles. The Labute approximate surface area is 168 Å². The fourth-order valence-corrected chi connectivity index (χ4v) is 3.03. The second kappa shape index (κ2) is 9.54. The molecule has 10 heteroatoms. The number of anilines is 3. The Morgan fingerprint density at radius 1 is 1.39 bits per heavy atom. The van der Waals surface area contributed by atoms with E-state index in [1.165, 1.54) is 6.20 Å². The highest BCUT2D eigenvalue weighted by Gasteiger charge is 2.14. The van der Waals surface area contributed by atoms with Crippen LogP contribution in [0.4, 0.5) is 17.3 Å². The van der Waals surface area contributed by atoms with Gasteiger partial charge in [-0.25, -0.2) is 9.97 Å². The first-order chi connectivity index (χ1) is 13.6. The number of nitrogens with zero attached hydrogens (tertiary/aromatic N) is 3. The Balaban J connectivity index is 1.60. The summed E-state index contributed by atoms with van der Waals surface area (Å²) >= 11 is 6.30. The van der Waals surface area contributed by atoms with Crippen LogP contribution in [0.25, 0.3) is 0 Å². The quantitative estimate of drug-likeness (QED) is 0.641. The molecule has 9 nitrogen and oxygen atoms in total. The first-order valence-electron chi connectivity index (χ1n) is 8.92. The van der Waals surface area contributed by atoms with Crippen molar-refractivity contribution in [1.82, 2.24) is 14.9 Å². The summed E-state index contributed by atoms with van der Waals surface area (Å²) in [5.41, 5.74) is 6.26. The average molecular weight is 407 g/mol. The molecule has 28 heavy (non-hydrogen) atoms. The van der Waals surface area contributed by atoms with E-state index in [0.29, 0.717) is 54.2 Å². The summed E-state index contributed by atoms with van der Waals surface area (Å²) in [5.74, 6) is 1.38. The summed E-state index contributed by atoms with van der Waals surface area (Å²) in [6, 6.07) is 3.29. The number of rotatable bonds is 7. The molecule has 150 valence electrons. The molecule has 0 atom stereocenters. The van der Waals surface area contributed by atoms with Gasteiger partial charge in [0.1, 0.15) is 22.4 Å². The maximum Gasteiger partial charge on any atom is 0.226 e. The number of amides is 1. The van der Waals surface area contributed by atoms with E-state index in [0.717, 1.165) is 13.1 Å². The summed E-state index contributed by atoms with van der Waals surface area (Å²) in [6.07, 6.45) is 3.37. The Morgan fingerprint density at radius 2 is 2.18 bits per heavy atom. The van der Waals surface area contributed by atoms with Crippen molar-refractivity contribution in [3.05, 3.63) is 29.5 Å². The number of nitrogen functional groups attached to an aromatic ring is 1. The van der Waals surface area contributed by atoms with Gasteiger partial charge in [0.05, 0.1) is 25.1 Å². The third-order valence-corrected chi connectivity index (χ3v) is 4.62. The molecule has 1 saturated heterocycles. The summed E-state index contributed by atoms with van der Waals surface area (Å²) in [7, 11) is 1.69. The van der Waals surface area contributed by atoms with E-state index in [9.17, 15) is 4.79 Å². The number of nitrogens with two attached hydrogens (primary N) is 1. The van der Waals surface area contributed by atoms with Crippen molar-refractivity contribution < 1.29 is 14.3 Å². The number of aromatic nitrogens is 2. The van der Waals surface area contributed by atoms with Crippen LogP contribution >= 0.6 is 11.6 Å². The molecule has 1 aliphatic heterocycles. The lowest BCUT2D eigenvalue weighted by Crippen LogP contribution is -2.38. The SMILES string of the molecule is CNc1c(N)ncc(Oc2ccnc(NC(=O)CCN3CCOCC3)c2)c1Cl. The molecular formula is C18H23ClN6O3. The highest BCUT2D eigenvalue weighted by atomic mass is 35.5. The minimum atomic E-state index is -0.110. The van der Waals surface area contributed by atoms with Crippen LogP contribution in [0.15, 0.2) is 24.5 Å². The number of carbonyl (C=O) groups excluding carboxylic acids is 1. The fraction of sp³-hybridized carbons (Fsp3) is 0.389. The van der Waals surface area contributed by atoms with Gasteiger partial charge in [-0.3, -0.25) is 9.69 Å². The van der Waals surface area contributed by atoms with Crippen molar-refractivity contribution >= 4 is 34.8 Å². The van der Waals surface area contributed by atoms with Crippen molar-refractivity contribution in [3.63, 3.8) is 0 Å². The highest BCUT2D eigenvalue weighted by molar-refractivity contribution is 6.35. The number of nitrogens with one attached hydrogen (secondary N) is 2. The van der Waals surface area contributed by atoms with Gasteiger partial charge in [-0.05, 0) is 6.07 Å². The van der Waals surface area contributed by atoms with Gasteiger partial charge in [-0.1, -0.05) is 11.6 Å². The van der Waals surface area contributed by atoms with Crippen molar-refractivity contribution in [2.45, 2.75) is 6.42 Å². The smallest absolute Gasteiger partial charge is 0.226 e. The zero-order valence-corrected chi connectivity index (χ0v) is 16.3. The molecule has 0 radical (unpaired) electrons. The molecule has 3 rings (SSSR count). The highest BCUT2D eigenvalue weighted by Crippen LogP contribution is 2.37. The van der Waals surface area contributed by atoms with Gasteiger partial charge in [-0.15, -0.1) is 0 Å². The van der Waals surface area contributed by atoms with Crippen LogP contribution in [0, 0.1) is 0 Å². The third-order valence-electron chi connectivity index (χ3n) is 4.25. The molecule has 0 aliphatic carbocycles. The number of halogens is 1. The summed E-state index contributed by atoms with van der Waals surface area (Å²) in [4.78, 5) is 22.6. The monoisotopic (exact) mass is 406 g/mol. The minimum Gasteiger partial charge on any atom is -0.454 e. The molecule has 1 fully saturated rings. The van der Waals surface area contributed by atoms with Crippen molar-refractivity contribution in [1.29, 1.82) is 0 Å². The molecular weight excluding hydrogens is 384 g/mol. The van der Waals surface area contributed by atoms with Crippen molar-refractivity contribution in [3.8, 4) is 11.5 Å². The summed E-state index contributed by atoms with van der Waals surface area (Å²) in [6.45, 7) is 3.80. The van der Waals surface area contributed by atoms with E-state index in [1.807, 2.05) is 0 Å². The molecule has 0 spiro atoms. The second-order valence-electron chi connectivity index (χ2n) is 6.18. The predicted molar refractivity (Wildman–Crippen MR) is 108 cm³/mol. The van der Waals surface area contributed by atoms with E-state index in [4.69, 9.17) is 26.8 Å². The minimum absolute atomic E-state index is 0.110. The molecule has 0 bridgehead atoms. The van der Waals surface area contributed by atoms with Gasteiger partial charge >= 0.3 is 0 Å². The second-order valence-corrected chi connectivity index (χ2v) is 6.56. The largest absolute Gasteiger partial charge is 0.454 e. The fourth-order valence-electron chi connectivity index (χ4n) is 2.75. The third kappa shape index (κ3) is 5.22. The lowest BCUT2D eigenvalue weighted by Gasteiger charge is -2.26. The zero-order valence-electron chi connectivity index (χ0n) is 15.6. The Bertz CT molecular complexity index is 829. The predicted octanol–water partition coefficient (Wildman–Crippen LogP) is 2.21. The first-order valence-corrected chi connectivity index (χ1v) is 9.30. The van der Waals surface area contributed by atoms with Crippen LogP contribution in [-0.4, -0.2) is 60.7 Å². The Morgan fingerprint density at radius 3 is 2.93 bits per heavy atom. The number of hydrogen-bond donors (Lipinski definition) is 3. The number of carbonyl (C=O) groups is 1. The van der Waals surface area contributed by atoms with E-state index < -0.39 is 0 Å². The van der Waals surface area contributed by atoms with E-state index in [1.54, 1.807) is 25.4 Å². The average Bonchev–Trinajstić information content (AvgIpc) is 2.70. The lowest BCUT2D eigenvalue weighted by atomic mass is 10.3. The molecule has 3 heterocycles. The number of ether oxygens (including phenoxy) is 2. The molecule has 0 saturated carbocycles. The van der Waals surface area contributed by atoms with Crippen molar-refractivity contribution in [2.75, 3.05) is 56.3 Å². The van der Waals surface area contributed by atoms with Crippen LogP contribution in [-0.2, 0) is 9.53 Å². The molecule has 0 unspecified atom stereocenters. The van der Waals surface area contributed by atoms with Gasteiger partial charge in [0.25, 0.3) is 0 Å². The molecule has 2 aromatic heterocycles. The van der Waals surface area contributed by atoms with Gasteiger partial charge in [0.15, 0.2) is 5.75 Å². The molecule has 2 aromatic rings. The van der Waals surface area contributed by atoms with Crippen LogP contribution in [0.1, 0.15) is 6.42 Å². The summed E-state index contributed by atoms with van der Waals surface area (Å²) < 4.78 is 11.1. The van der Waals surface area contributed by atoms with Gasteiger partial charge in [0.2, 0.25) is 5.91 Å². The maximum atomic E-state index is 12.2. The van der Waals surface area contributed by atoms with Crippen molar-refractivity contribution in [2.24, 2.45) is 0 Å². The topological polar surface area (TPSA) is 115 Å². The number of hydrogen-bond acceptors (Lipinski definition) is 8. The molecule has 1 amide bonds. The normalized spacial score (nSPS) is 14.5. The molecule has 4 N–H and O–H groups in total. The van der Waals surface area contributed by atoms with Crippen LogP contribution in [0.5, 0.6) is 11.5 Å². The first kappa shape index (κ1) is 20.1. The van der Waals surface area contributed by atoms with Crippen LogP contribution < -0.4 is 21.1 Å². The Kier molecular flexibility index (Phi) is 6.85. The maximum absolute atomic E-state index is 12.2. The van der Waals surface area contributed by atoms with Crippen LogP contribution in [0.3, 0.4) is 0 Å². The molecule has 1 aliphatic rings. The van der Waals surface area contributed by atoms with Gasteiger partial charge in [-0.2, -0.15) is 0 Å². The number of pyridine rings is 2. The van der Waals surface area contributed by atoms with Crippen LogP contribution in [0.2, 0.25) is 5.02 Å². The standard InChI is InChI=1S/C18H23ClN6O3/c1-21-17-16(19)13(11-23-18(17)20)28-12-2-4-22-14(10-12)24-15(26)3-5-25-6-8-27-9-7-25/h2,4,10-11,21H,3,5-9H2,1H3,(H2,20,23)(H,22,24,26). The zero-order chi connectivity index (χ0) is 19.9. The van der Waals surface area contributed by atoms with Gasteiger partial charge < -0.3 is 25.8 Å².